The number of piperidine rings is 1. The molecule has 2 heterocycles. The van der Waals surface area contributed by atoms with Crippen molar-refractivity contribution in [1.82, 2.24) is 10.3 Å². The van der Waals surface area contributed by atoms with Gasteiger partial charge in [-0.05, 0) is 30.5 Å². The molecular formula is C19H21N5O4. The van der Waals surface area contributed by atoms with Crippen LogP contribution < -0.4 is 16.0 Å². The topological polar surface area (TPSA) is 131 Å². The van der Waals surface area contributed by atoms with E-state index in [1.807, 2.05) is 17.0 Å². The maximum Gasteiger partial charge on any atom is 0.270 e. The molecule has 9 nitrogen and oxygen atoms in total. The summed E-state index contributed by atoms with van der Waals surface area (Å²) in [5, 5.41) is 13.9. The van der Waals surface area contributed by atoms with Crippen LogP contribution >= 0.6 is 0 Å². The minimum absolute atomic E-state index is 0.0117. The van der Waals surface area contributed by atoms with Gasteiger partial charge in [0.15, 0.2) is 0 Å². The number of primary amides is 1. The first-order valence-electron chi connectivity index (χ1n) is 8.95. The zero-order valence-corrected chi connectivity index (χ0v) is 15.2. The van der Waals surface area contributed by atoms with E-state index in [1.165, 1.54) is 12.1 Å². The standard InChI is InChI=1S/C19H21N5O4/c20-18(25)16-10-15(24(27)28)3-4-17(16)23-8-5-14(6-9-23)19(26)22-12-13-2-1-7-21-11-13/h1-4,7,10-11,14H,5-6,8-9,12H2,(H2,20,25)(H,22,26). The fraction of sp³-hybridized carbons (Fsp3) is 0.316. The van der Waals surface area contributed by atoms with E-state index < -0.39 is 10.8 Å². The monoisotopic (exact) mass is 383 g/mol. The third kappa shape index (κ3) is 4.43. The molecule has 1 aromatic carbocycles. The van der Waals surface area contributed by atoms with Crippen LogP contribution in [-0.4, -0.2) is 34.8 Å². The number of anilines is 1. The lowest BCUT2D eigenvalue weighted by atomic mass is 9.94. The Morgan fingerprint density at radius 1 is 1.29 bits per heavy atom. The third-order valence-electron chi connectivity index (χ3n) is 4.85. The molecular weight excluding hydrogens is 362 g/mol. The number of nitro groups is 1. The van der Waals surface area contributed by atoms with Crippen molar-refractivity contribution in [3.8, 4) is 0 Å². The second-order valence-electron chi connectivity index (χ2n) is 6.66. The van der Waals surface area contributed by atoms with Crippen molar-refractivity contribution in [2.45, 2.75) is 19.4 Å². The number of pyridine rings is 1. The first kappa shape index (κ1) is 19.3. The number of amides is 2. The van der Waals surface area contributed by atoms with Crippen LogP contribution in [0.1, 0.15) is 28.8 Å². The number of non-ortho nitro benzene ring substituents is 1. The molecule has 0 radical (unpaired) electrons. The van der Waals surface area contributed by atoms with Crippen LogP contribution in [0.15, 0.2) is 42.7 Å². The molecule has 0 bridgehead atoms. The molecule has 9 heteroatoms. The van der Waals surface area contributed by atoms with Gasteiger partial charge in [0.2, 0.25) is 5.91 Å². The molecule has 0 atom stereocenters. The molecule has 1 saturated heterocycles. The highest BCUT2D eigenvalue weighted by atomic mass is 16.6. The second-order valence-corrected chi connectivity index (χ2v) is 6.66. The Kier molecular flexibility index (Phi) is 5.83. The van der Waals surface area contributed by atoms with Crippen molar-refractivity contribution in [1.29, 1.82) is 0 Å². The number of rotatable bonds is 6. The zero-order chi connectivity index (χ0) is 20.1. The smallest absolute Gasteiger partial charge is 0.270 e. The summed E-state index contributed by atoms with van der Waals surface area (Å²) in [5.41, 5.74) is 6.84. The number of hydrogen-bond donors (Lipinski definition) is 2. The number of benzene rings is 1. The molecule has 1 aromatic heterocycles. The summed E-state index contributed by atoms with van der Waals surface area (Å²) < 4.78 is 0. The van der Waals surface area contributed by atoms with Gasteiger partial charge in [0, 0.05) is 50.1 Å². The lowest BCUT2D eigenvalue weighted by Crippen LogP contribution is -2.41. The number of aromatic nitrogens is 1. The second kappa shape index (κ2) is 8.47. The lowest BCUT2D eigenvalue weighted by Gasteiger charge is -2.33. The average Bonchev–Trinajstić information content (AvgIpc) is 2.72. The Morgan fingerprint density at radius 2 is 2.04 bits per heavy atom. The van der Waals surface area contributed by atoms with Crippen LogP contribution in [0.3, 0.4) is 0 Å². The van der Waals surface area contributed by atoms with Crippen molar-refractivity contribution in [2.75, 3.05) is 18.0 Å². The van der Waals surface area contributed by atoms with Gasteiger partial charge >= 0.3 is 0 Å². The number of carbonyl (C=O) groups is 2. The Bertz CT molecular complexity index is 879. The highest BCUT2D eigenvalue weighted by molar-refractivity contribution is 5.99. The van der Waals surface area contributed by atoms with E-state index in [0.29, 0.717) is 38.2 Å². The predicted molar refractivity (Wildman–Crippen MR) is 103 cm³/mol. The summed E-state index contributed by atoms with van der Waals surface area (Å²) in [4.78, 5) is 40.5. The molecule has 0 unspecified atom stereocenters. The molecule has 146 valence electrons. The molecule has 2 amide bonds. The fourth-order valence-electron chi connectivity index (χ4n) is 3.33. The number of carbonyl (C=O) groups excluding carboxylic acids is 2. The number of hydrogen-bond acceptors (Lipinski definition) is 6. The van der Waals surface area contributed by atoms with Crippen LogP contribution in [0.4, 0.5) is 11.4 Å². The number of nitrogens with one attached hydrogen (secondary N) is 1. The van der Waals surface area contributed by atoms with E-state index in [9.17, 15) is 19.7 Å². The van der Waals surface area contributed by atoms with Crippen molar-refractivity contribution in [3.63, 3.8) is 0 Å². The maximum atomic E-state index is 12.4. The summed E-state index contributed by atoms with van der Waals surface area (Å²) in [7, 11) is 0. The van der Waals surface area contributed by atoms with Gasteiger partial charge in [-0.1, -0.05) is 6.07 Å². The predicted octanol–water partition coefficient (Wildman–Crippen LogP) is 1.62. The molecule has 0 saturated carbocycles. The van der Waals surface area contributed by atoms with Crippen LogP contribution in [0.5, 0.6) is 0 Å². The number of nitrogens with two attached hydrogens (primary N) is 1. The Hall–Kier alpha value is -3.49. The number of nitrogens with zero attached hydrogens (tertiary/aromatic N) is 3. The van der Waals surface area contributed by atoms with Crippen molar-refractivity contribution in [3.05, 3.63) is 64.0 Å². The molecule has 3 N–H and O–H groups in total. The number of nitro benzene ring substituents is 1. The van der Waals surface area contributed by atoms with E-state index in [0.717, 1.165) is 5.56 Å². The van der Waals surface area contributed by atoms with Gasteiger partial charge in [0.1, 0.15) is 0 Å². The Morgan fingerprint density at radius 3 is 2.64 bits per heavy atom. The van der Waals surface area contributed by atoms with Crippen molar-refractivity contribution < 1.29 is 14.5 Å². The van der Waals surface area contributed by atoms with Gasteiger partial charge in [-0.15, -0.1) is 0 Å². The van der Waals surface area contributed by atoms with Crippen molar-refractivity contribution in [2.24, 2.45) is 11.7 Å². The molecule has 1 aliphatic rings. The quantitative estimate of drug-likeness (QED) is 0.575. The van der Waals surface area contributed by atoms with Crippen LogP contribution in [-0.2, 0) is 11.3 Å². The van der Waals surface area contributed by atoms with Gasteiger partial charge < -0.3 is 16.0 Å². The van der Waals surface area contributed by atoms with Crippen LogP contribution in [0.2, 0.25) is 0 Å². The first-order chi connectivity index (χ1) is 13.5. The minimum Gasteiger partial charge on any atom is -0.371 e. The van der Waals surface area contributed by atoms with E-state index in [2.05, 4.69) is 10.3 Å². The summed E-state index contributed by atoms with van der Waals surface area (Å²) in [5.74, 6) is -0.847. The summed E-state index contributed by atoms with van der Waals surface area (Å²) >= 11 is 0. The third-order valence-corrected chi connectivity index (χ3v) is 4.85. The molecule has 1 fully saturated rings. The van der Waals surface area contributed by atoms with Gasteiger partial charge in [-0.25, -0.2) is 0 Å². The first-order valence-corrected chi connectivity index (χ1v) is 8.95. The molecule has 0 aliphatic carbocycles. The van der Waals surface area contributed by atoms with Crippen molar-refractivity contribution >= 4 is 23.2 Å². The average molecular weight is 383 g/mol. The van der Waals surface area contributed by atoms with Gasteiger partial charge in [-0.3, -0.25) is 24.7 Å². The summed E-state index contributed by atoms with van der Waals surface area (Å²) in [6.45, 7) is 1.55. The highest BCUT2D eigenvalue weighted by Gasteiger charge is 2.27. The van der Waals surface area contributed by atoms with Gasteiger partial charge in [0.05, 0.1) is 16.2 Å². The summed E-state index contributed by atoms with van der Waals surface area (Å²) in [6.07, 6.45) is 4.63. The molecule has 3 rings (SSSR count). The highest BCUT2D eigenvalue weighted by Crippen LogP contribution is 2.29. The Balaban J connectivity index is 1.61. The van der Waals surface area contributed by atoms with Gasteiger partial charge in [0.25, 0.3) is 11.6 Å². The zero-order valence-electron chi connectivity index (χ0n) is 15.2. The normalized spacial score (nSPS) is 14.5. The molecule has 0 spiro atoms. The van der Waals surface area contributed by atoms with E-state index in [1.54, 1.807) is 18.5 Å². The van der Waals surface area contributed by atoms with E-state index in [4.69, 9.17) is 5.73 Å². The summed E-state index contributed by atoms with van der Waals surface area (Å²) in [6, 6.07) is 7.82. The van der Waals surface area contributed by atoms with Gasteiger partial charge in [-0.2, -0.15) is 0 Å². The maximum absolute atomic E-state index is 12.4. The van der Waals surface area contributed by atoms with Crippen LogP contribution in [0, 0.1) is 16.0 Å². The largest absolute Gasteiger partial charge is 0.371 e. The van der Waals surface area contributed by atoms with E-state index in [-0.39, 0.29) is 23.1 Å². The Labute approximate surface area is 161 Å². The SMILES string of the molecule is NC(=O)c1cc([N+](=O)[O-])ccc1N1CCC(C(=O)NCc2cccnc2)CC1. The molecule has 1 aliphatic heterocycles. The molecule has 28 heavy (non-hydrogen) atoms. The van der Waals surface area contributed by atoms with Crippen LogP contribution in [0.25, 0.3) is 0 Å². The lowest BCUT2D eigenvalue weighted by molar-refractivity contribution is -0.384. The van der Waals surface area contributed by atoms with E-state index >= 15 is 0 Å². The fourth-order valence-corrected chi connectivity index (χ4v) is 3.33. The molecule has 2 aromatic rings. The minimum atomic E-state index is -0.713.